The van der Waals surface area contributed by atoms with Gasteiger partial charge in [0.05, 0.1) is 5.69 Å². The lowest BCUT2D eigenvalue weighted by Gasteiger charge is -2.30. The lowest BCUT2D eigenvalue weighted by atomic mass is 9.79. The van der Waals surface area contributed by atoms with Crippen molar-refractivity contribution in [1.29, 1.82) is 0 Å². The van der Waals surface area contributed by atoms with Crippen LogP contribution in [0.25, 0.3) is 60.1 Å². The Kier molecular flexibility index (Phi) is 7.08. The number of anilines is 2. The molecule has 0 saturated heterocycles. The van der Waals surface area contributed by atoms with Crippen LogP contribution in [0.15, 0.2) is 187 Å². The fraction of sp³-hybridized carbons (Fsp3) is 0.127. The molecule has 0 amide bonds. The summed E-state index contributed by atoms with van der Waals surface area (Å²) < 4.78 is 0. The van der Waals surface area contributed by atoms with E-state index >= 15 is 0 Å². The van der Waals surface area contributed by atoms with Gasteiger partial charge in [0.25, 0.3) is 0 Å². The summed E-state index contributed by atoms with van der Waals surface area (Å²) in [5, 5.41) is 7.63. The van der Waals surface area contributed by atoms with Gasteiger partial charge in [0.15, 0.2) is 0 Å². The molecular weight excluding hydrogens is 675 g/mol. The summed E-state index contributed by atoms with van der Waals surface area (Å²) in [7, 11) is 0. The third-order valence-electron chi connectivity index (χ3n) is 13.2. The van der Waals surface area contributed by atoms with Crippen molar-refractivity contribution < 1.29 is 0 Å². The van der Waals surface area contributed by atoms with Crippen LogP contribution in [0.5, 0.6) is 0 Å². The lowest BCUT2D eigenvalue weighted by molar-refractivity contribution is 0.626. The molecule has 1 heteroatoms. The van der Waals surface area contributed by atoms with Crippen molar-refractivity contribution in [2.45, 2.75) is 44.9 Å². The van der Waals surface area contributed by atoms with E-state index < -0.39 is 0 Å². The van der Waals surface area contributed by atoms with E-state index in [1.54, 1.807) is 0 Å². The van der Waals surface area contributed by atoms with Crippen molar-refractivity contribution in [3.63, 3.8) is 0 Å². The largest absolute Gasteiger partial charge is 0.310 e. The average Bonchev–Trinajstić information content (AvgIpc) is 3.44. The highest BCUT2D eigenvalue weighted by Crippen LogP contribution is 2.53. The van der Waals surface area contributed by atoms with E-state index in [0.717, 1.165) is 6.42 Å². The molecule has 56 heavy (non-hydrogen) atoms. The maximum absolute atomic E-state index is 2.53. The summed E-state index contributed by atoms with van der Waals surface area (Å²) >= 11 is 0. The zero-order valence-electron chi connectivity index (χ0n) is 32.4. The van der Waals surface area contributed by atoms with Crippen LogP contribution in [-0.4, -0.2) is 0 Å². The molecule has 0 radical (unpaired) electrons. The summed E-state index contributed by atoms with van der Waals surface area (Å²) in [6.45, 7) is 9.59. The van der Waals surface area contributed by atoms with Crippen molar-refractivity contribution in [3.8, 4) is 22.3 Å². The molecule has 0 heterocycles. The summed E-state index contributed by atoms with van der Waals surface area (Å²) in [5.41, 5.74) is 17.0. The topological polar surface area (TPSA) is 3.24 Å². The monoisotopic (exact) mass is 717 g/mol. The van der Waals surface area contributed by atoms with Crippen LogP contribution in [0, 0.1) is 0 Å². The molecule has 0 unspecified atom stereocenters. The Hall–Kier alpha value is -6.44. The van der Waals surface area contributed by atoms with E-state index in [1.165, 1.54) is 105 Å². The Morgan fingerprint density at radius 1 is 0.446 bits per heavy atom. The van der Waals surface area contributed by atoms with Gasteiger partial charge in [-0.05, 0) is 119 Å². The summed E-state index contributed by atoms with van der Waals surface area (Å²) in [6.07, 6.45) is 8.13. The summed E-state index contributed by atoms with van der Waals surface area (Å²) in [6, 6.07) is 58.8. The van der Waals surface area contributed by atoms with Gasteiger partial charge in [-0.2, -0.15) is 0 Å². The molecule has 0 atom stereocenters. The predicted molar refractivity (Wildman–Crippen MR) is 239 cm³/mol. The number of hydrogen-bond acceptors (Lipinski definition) is 1. The van der Waals surface area contributed by atoms with Crippen LogP contribution in [0.3, 0.4) is 0 Å². The van der Waals surface area contributed by atoms with Gasteiger partial charge >= 0.3 is 0 Å². The number of rotatable bonds is 4. The van der Waals surface area contributed by atoms with Crippen LogP contribution >= 0.6 is 0 Å². The molecule has 3 aliphatic rings. The van der Waals surface area contributed by atoms with Crippen LogP contribution < -0.4 is 4.90 Å². The predicted octanol–water partition coefficient (Wildman–Crippen LogP) is 14.8. The minimum atomic E-state index is -0.120. The standard InChI is InChI=1S/C55H43N/c1-54(2)49-23-12-11-20-44(49)47-30-26-39(34-52(47)54)56(53-33-36-15-6-8-18-42(36)43-19-9-10-21-48(43)53)38-25-29-45-46-28-24-37(32-51(46)55(3,4)50(45)31-27-38)41-22-13-16-35-14-5-7-17-40(35)41/h5-30,32-34H,31H2,1-4H3. The van der Waals surface area contributed by atoms with Crippen molar-refractivity contribution in [3.05, 3.63) is 209 Å². The summed E-state index contributed by atoms with van der Waals surface area (Å²) in [4.78, 5) is 2.53. The van der Waals surface area contributed by atoms with Gasteiger partial charge in [-0.3, -0.25) is 0 Å². The van der Waals surface area contributed by atoms with Crippen molar-refractivity contribution in [2.24, 2.45) is 0 Å². The average molecular weight is 718 g/mol. The fourth-order valence-corrected chi connectivity index (χ4v) is 10.2. The molecule has 268 valence electrons. The van der Waals surface area contributed by atoms with Gasteiger partial charge in [-0.25, -0.2) is 0 Å². The van der Waals surface area contributed by atoms with E-state index in [1.807, 2.05) is 0 Å². The van der Waals surface area contributed by atoms with Gasteiger partial charge in [0, 0.05) is 27.6 Å². The second-order valence-corrected chi connectivity index (χ2v) is 16.9. The lowest BCUT2D eigenvalue weighted by Crippen LogP contribution is -2.19. The molecule has 11 rings (SSSR count). The Bertz CT molecular complexity index is 3050. The number of nitrogens with zero attached hydrogens (tertiary/aromatic N) is 1. The highest BCUT2D eigenvalue weighted by molar-refractivity contribution is 6.14. The Morgan fingerprint density at radius 3 is 1.95 bits per heavy atom. The number of benzene rings is 8. The molecule has 8 aromatic rings. The Labute approximate surface area is 329 Å². The SMILES string of the molecule is CC1(C)C2=C(C=CC(N(c3ccc4c(c3)C(C)(C)c3ccccc3-4)c3cc4ccccc4c4ccccc34)=CC2)c2ccc(-c3cccc4ccccc34)cc21. The zero-order chi connectivity index (χ0) is 37.8. The molecule has 3 aliphatic carbocycles. The Morgan fingerprint density at radius 2 is 1.09 bits per heavy atom. The van der Waals surface area contributed by atoms with Crippen LogP contribution in [0.4, 0.5) is 11.4 Å². The molecule has 0 N–H and O–H groups in total. The molecule has 0 saturated carbocycles. The van der Waals surface area contributed by atoms with Crippen molar-refractivity contribution >= 4 is 49.3 Å². The maximum atomic E-state index is 2.53. The van der Waals surface area contributed by atoms with E-state index in [2.05, 4.69) is 209 Å². The normalized spacial score (nSPS) is 16.0. The highest BCUT2D eigenvalue weighted by Gasteiger charge is 2.38. The minimum absolute atomic E-state index is 0.103. The third kappa shape index (κ3) is 4.74. The Balaban J connectivity index is 1.07. The number of fused-ring (bicyclic) bond motifs is 9. The fourth-order valence-electron chi connectivity index (χ4n) is 10.2. The molecule has 0 spiro atoms. The van der Waals surface area contributed by atoms with E-state index in [9.17, 15) is 0 Å². The second kappa shape index (κ2) is 12.0. The molecule has 0 fully saturated rings. The van der Waals surface area contributed by atoms with Gasteiger partial charge in [0.2, 0.25) is 0 Å². The van der Waals surface area contributed by atoms with E-state index in [4.69, 9.17) is 0 Å². The van der Waals surface area contributed by atoms with Gasteiger partial charge < -0.3 is 4.90 Å². The molecular formula is C55H43N. The first-order valence-electron chi connectivity index (χ1n) is 20.0. The van der Waals surface area contributed by atoms with Crippen LogP contribution in [0.2, 0.25) is 0 Å². The first-order valence-corrected chi connectivity index (χ1v) is 20.0. The second-order valence-electron chi connectivity index (χ2n) is 16.9. The van der Waals surface area contributed by atoms with Gasteiger partial charge in [0.1, 0.15) is 0 Å². The van der Waals surface area contributed by atoms with Crippen molar-refractivity contribution in [1.82, 2.24) is 0 Å². The molecule has 0 bridgehead atoms. The van der Waals surface area contributed by atoms with E-state index in [-0.39, 0.29) is 10.8 Å². The number of allylic oxidation sites excluding steroid dienone is 5. The smallest absolute Gasteiger partial charge is 0.0546 e. The van der Waals surface area contributed by atoms with Gasteiger partial charge in [-0.1, -0.05) is 173 Å². The maximum Gasteiger partial charge on any atom is 0.0546 e. The van der Waals surface area contributed by atoms with Crippen LogP contribution in [-0.2, 0) is 10.8 Å². The molecule has 1 nitrogen and oxygen atoms in total. The first-order chi connectivity index (χ1) is 27.3. The van der Waals surface area contributed by atoms with Crippen molar-refractivity contribution in [2.75, 3.05) is 4.90 Å². The third-order valence-corrected chi connectivity index (χ3v) is 13.2. The first kappa shape index (κ1) is 32.9. The number of hydrogen-bond donors (Lipinski definition) is 0. The molecule has 8 aromatic carbocycles. The minimum Gasteiger partial charge on any atom is -0.310 e. The van der Waals surface area contributed by atoms with Crippen LogP contribution in [0.1, 0.15) is 56.4 Å². The molecule has 0 aromatic heterocycles. The highest BCUT2D eigenvalue weighted by atomic mass is 15.1. The quantitative estimate of drug-likeness (QED) is 0.164. The van der Waals surface area contributed by atoms with E-state index in [0.29, 0.717) is 0 Å². The van der Waals surface area contributed by atoms with Gasteiger partial charge in [-0.15, -0.1) is 0 Å². The zero-order valence-corrected chi connectivity index (χ0v) is 32.4. The molecule has 0 aliphatic heterocycles. The summed E-state index contributed by atoms with van der Waals surface area (Å²) in [5.74, 6) is 0.